The van der Waals surface area contributed by atoms with Crippen LogP contribution in [-0.4, -0.2) is 40.7 Å². The van der Waals surface area contributed by atoms with E-state index in [0.717, 1.165) is 12.3 Å². The number of fused-ring (bicyclic) bond motifs is 1. The van der Waals surface area contributed by atoms with Crippen LogP contribution in [0.3, 0.4) is 0 Å². The van der Waals surface area contributed by atoms with E-state index in [0.29, 0.717) is 11.7 Å². The van der Waals surface area contributed by atoms with Gasteiger partial charge in [0, 0.05) is 12.2 Å². The van der Waals surface area contributed by atoms with Crippen molar-refractivity contribution in [3.8, 4) is 5.75 Å². The number of hydrogen-bond donors (Lipinski definition) is 2. The highest BCUT2D eigenvalue weighted by atomic mass is 16.5. The average molecular weight is 310 g/mol. The molecule has 0 bridgehead atoms. The number of hydrogen-bond acceptors (Lipinski definition) is 4. The third kappa shape index (κ3) is 2.74. The Hall–Kier alpha value is -2.56. The van der Waals surface area contributed by atoms with E-state index in [-0.39, 0.29) is 12.1 Å². The number of amidine groups is 2. The first-order chi connectivity index (χ1) is 11.0. The maximum Gasteiger partial charge on any atom is 0.126 e. The lowest BCUT2D eigenvalue weighted by Gasteiger charge is -2.38. The molecule has 3 rings (SSSR count). The summed E-state index contributed by atoms with van der Waals surface area (Å²) in [6.07, 6.45) is 6.02. The van der Waals surface area contributed by atoms with E-state index < -0.39 is 0 Å². The Labute approximate surface area is 136 Å². The Kier molecular flexibility index (Phi) is 3.94. The fraction of sp³-hybridized carbons (Fsp3) is 0.333. The molecule has 2 aliphatic rings. The number of ether oxygens (including phenoxy) is 1. The molecule has 2 N–H and O–H groups in total. The lowest BCUT2D eigenvalue weighted by atomic mass is 10.0. The molecule has 0 amide bonds. The molecule has 5 nitrogen and oxygen atoms in total. The van der Waals surface area contributed by atoms with Crippen molar-refractivity contribution in [1.29, 1.82) is 10.8 Å². The maximum atomic E-state index is 8.07. The van der Waals surface area contributed by atoms with Crippen molar-refractivity contribution in [2.24, 2.45) is 0 Å². The minimum atomic E-state index is 0.0237. The van der Waals surface area contributed by atoms with Gasteiger partial charge >= 0.3 is 0 Å². The predicted octanol–water partition coefficient (Wildman–Crippen LogP) is 3.00. The average Bonchev–Trinajstić information content (AvgIpc) is 2.82. The highest BCUT2D eigenvalue weighted by molar-refractivity contribution is 6.04. The van der Waals surface area contributed by atoms with Crippen LogP contribution in [-0.2, 0) is 6.54 Å². The van der Waals surface area contributed by atoms with Gasteiger partial charge in [0.2, 0.25) is 0 Å². The lowest BCUT2D eigenvalue weighted by molar-refractivity contribution is 0.259. The Morgan fingerprint density at radius 2 is 2.09 bits per heavy atom. The minimum Gasteiger partial charge on any atom is -0.497 e. The van der Waals surface area contributed by atoms with Gasteiger partial charge in [0.1, 0.15) is 11.6 Å². The number of allylic oxidation sites excluding steroid dienone is 1. The topological polar surface area (TPSA) is 63.4 Å². The van der Waals surface area contributed by atoms with Crippen molar-refractivity contribution in [3.05, 3.63) is 53.8 Å². The van der Waals surface area contributed by atoms with Crippen LogP contribution < -0.4 is 4.74 Å². The zero-order chi connectivity index (χ0) is 16.6. The Morgan fingerprint density at radius 1 is 1.30 bits per heavy atom. The van der Waals surface area contributed by atoms with E-state index >= 15 is 0 Å². The van der Waals surface area contributed by atoms with Gasteiger partial charge in [-0.3, -0.25) is 10.8 Å². The lowest BCUT2D eigenvalue weighted by Crippen LogP contribution is -2.51. The van der Waals surface area contributed by atoms with Crippen LogP contribution >= 0.6 is 0 Å². The molecular weight excluding hydrogens is 288 g/mol. The van der Waals surface area contributed by atoms with Crippen LogP contribution in [0.15, 0.2) is 48.2 Å². The SMILES string of the molecule is COc1cccc(CN2C(C)=CC3[C@H]2C=CC(=N)N3C(C)=N)c1. The Bertz CT molecular complexity index is 707. The largest absolute Gasteiger partial charge is 0.497 e. The van der Waals surface area contributed by atoms with Crippen molar-refractivity contribution in [3.63, 3.8) is 0 Å². The summed E-state index contributed by atoms with van der Waals surface area (Å²) in [5.41, 5.74) is 2.36. The highest BCUT2D eigenvalue weighted by Crippen LogP contribution is 2.32. The molecule has 0 saturated heterocycles. The predicted molar refractivity (Wildman–Crippen MR) is 92.0 cm³/mol. The van der Waals surface area contributed by atoms with E-state index in [9.17, 15) is 0 Å². The van der Waals surface area contributed by atoms with Gasteiger partial charge in [-0.05, 0) is 43.7 Å². The maximum absolute atomic E-state index is 8.07. The molecule has 1 aromatic rings. The van der Waals surface area contributed by atoms with Crippen molar-refractivity contribution < 1.29 is 4.74 Å². The molecular formula is C18H22N4O. The van der Waals surface area contributed by atoms with E-state index in [1.807, 2.05) is 12.1 Å². The second kappa shape index (κ2) is 5.91. The minimum absolute atomic E-state index is 0.0237. The van der Waals surface area contributed by atoms with Crippen LogP contribution in [0.2, 0.25) is 0 Å². The van der Waals surface area contributed by atoms with E-state index in [1.165, 1.54) is 11.3 Å². The van der Waals surface area contributed by atoms with Crippen molar-refractivity contribution in [1.82, 2.24) is 9.80 Å². The Morgan fingerprint density at radius 3 is 2.78 bits per heavy atom. The summed E-state index contributed by atoms with van der Waals surface area (Å²) in [5, 5.41) is 16.0. The van der Waals surface area contributed by atoms with Gasteiger partial charge in [-0.15, -0.1) is 0 Å². The van der Waals surface area contributed by atoms with E-state index in [4.69, 9.17) is 15.6 Å². The fourth-order valence-corrected chi connectivity index (χ4v) is 3.34. The number of rotatable bonds is 3. The normalized spacial score (nSPS) is 22.9. The van der Waals surface area contributed by atoms with Crippen LogP contribution in [0.1, 0.15) is 19.4 Å². The highest BCUT2D eigenvalue weighted by Gasteiger charge is 2.38. The number of methoxy groups -OCH3 is 1. The van der Waals surface area contributed by atoms with Crippen molar-refractivity contribution in [2.45, 2.75) is 32.5 Å². The first-order valence-corrected chi connectivity index (χ1v) is 7.70. The van der Waals surface area contributed by atoms with Crippen LogP contribution in [0.4, 0.5) is 0 Å². The summed E-state index contributed by atoms with van der Waals surface area (Å²) in [6, 6.07) is 8.26. The zero-order valence-corrected chi connectivity index (χ0v) is 13.7. The molecule has 0 aliphatic carbocycles. The number of benzene rings is 1. The van der Waals surface area contributed by atoms with Gasteiger partial charge < -0.3 is 14.5 Å². The molecule has 0 aromatic heterocycles. The van der Waals surface area contributed by atoms with Crippen molar-refractivity contribution >= 4 is 11.7 Å². The molecule has 1 unspecified atom stereocenters. The molecule has 0 saturated carbocycles. The third-order valence-corrected chi connectivity index (χ3v) is 4.43. The van der Waals surface area contributed by atoms with E-state index in [1.54, 1.807) is 25.0 Å². The summed E-state index contributed by atoms with van der Waals surface area (Å²) in [5.74, 6) is 1.64. The van der Waals surface area contributed by atoms with Crippen LogP contribution in [0.25, 0.3) is 0 Å². The molecule has 120 valence electrons. The molecule has 5 heteroatoms. The fourth-order valence-electron chi connectivity index (χ4n) is 3.34. The third-order valence-electron chi connectivity index (χ3n) is 4.43. The monoisotopic (exact) mass is 310 g/mol. The molecule has 0 fully saturated rings. The first-order valence-electron chi connectivity index (χ1n) is 7.70. The molecule has 2 aliphatic heterocycles. The number of nitrogens with one attached hydrogen (secondary N) is 2. The van der Waals surface area contributed by atoms with Gasteiger partial charge in [-0.1, -0.05) is 18.2 Å². The molecule has 23 heavy (non-hydrogen) atoms. The Balaban J connectivity index is 1.87. The summed E-state index contributed by atoms with van der Waals surface area (Å²) in [4.78, 5) is 4.10. The summed E-state index contributed by atoms with van der Waals surface area (Å²) < 4.78 is 5.30. The van der Waals surface area contributed by atoms with Gasteiger partial charge in [0.05, 0.1) is 25.0 Å². The summed E-state index contributed by atoms with van der Waals surface area (Å²) in [6.45, 7) is 4.61. The molecule has 0 spiro atoms. The zero-order valence-electron chi connectivity index (χ0n) is 13.7. The first kappa shape index (κ1) is 15.3. The van der Waals surface area contributed by atoms with Gasteiger partial charge in [-0.25, -0.2) is 0 Å². The second-order valence-electron chi connectivity index (χ2n) is 5.97. The second-order valence-corrected chi connectivity index (χ2v) is 5.97. The van der Waals surface area contributed by atoms with Gasteiger partial charge in [0.15, 0.2) is 0 Å². The molecule has 0 radical (unpaired) electrons. The van der Waals surface area contributed by atoms with Crippen LogP contribution in [0, 0.1) is 10.8 Å². The molecule has 1 aromatic carbocycles. The van der Waals surface area contributed by atoms with Gasteiger partial charge in [-0.2, -0.15) is 0 Å². The smallest absolute Gasteiger partial charge is 0.126 e. The van der Waals surface area contributed by atoms with Crippen LogP contribution in [0.5, 0.6) is 5.75 Å². The van der Waals surface area contributed by atoms with E-state index in [2.05, 4.69) is 36.1 Å². The summed E-state index contributed by atoms with van der Waals surface area (Å²) in [7, 11) is 1.68. The molecule has 2 atom stereocenters. The quantitative estimate of drug-likeness (QED) is 0.666. The number of nitrogens with zero attached hydrogens (tertiary/aromatic N) is 2. The van der Waals surface area contributed by atoms with Crippen molar-refractivity contribution in [2.75, 3.05) is 7.11 Å². The van der Waals surface area contributed by atoms with Gasteiger partial charge in [0.25, 0.3) is 0 Å². The summed E-state index contributed by atoms with van der Waals surface area (Å²) >= 11 is 0. The molecule has 2 heterocycles. The standard InChI is InChI=1S/C18H22N4O/c1-12-9-17-16(7-8-18(20)22(17)13(2)19)21(12)11-14-5-4-6-15(10-14)23-3/h4-10,16-17,19-20H,11H2,1-3H3/t16-,17?/m1/s1.